The number of hydrogen-bond donors (Lipinski definition) is 2. The van der Waals surface area contributed by atoms with Crippen molar-refractivity contribution >= 4 is 5.97 Å². The highest BCUT2D eigenvalue weighted by molar-refractivity contribution is 5.67. The molecule has 0 aliphatic carbocycles. The largest absolute Gasteiger partial charge is 0.481 e. The minimum absolute atomic E-state index is 0.194. The van der Waals surface area contributed by atoms with Gasteiger partial charge in [0.1, 0.15) is 0 Å². The van der Waals surface area contributed by atoms with E-state index in [2.05, 4.69) is 4.90 Å². The van der Waals surface area contributed by atoms with Crippen LogP contribution < -0.4 is 0 Å². The molecule has 0 bridgehead atoms. The van der Waals surface area contributed by atoms with Crippen molar-refractivity contribution < 1.29 is 15.0 Å². The maximum atomic E-state index is 10.8. The van der Waals surface area contributed by atoms with E-state index >= 15 is 0 Å². The van der Waals surface area contributed by atoms with Crippen molar-refractivity contribution in [3.05, 3.63) is 35.9 Å². The van der Waals surface area contributed by atoms with Crippen molar-refractivity contribution in [3.8, 4) is 0 Å². The van der Waals surface area contributed by atoms with Crippen molar-refractivity contribution in [2.24, 2.45) is 11.8 Å². The van der Waals surface area contributed by atoms with E-state index in [0.29, 0.717) is 12.5 Å². The van der Waals surface area contributed by atoms with Gasteiger partial charge in [-0.25, -0.2) is 0 Å². The van der Waals surface area contributed by atoms with E-state index in [1.54, 1.807) is 0 Å². The minimum Gasteiger partial charge on any atom is -0.481 e. The predicted octanol–water partition coefficient (Wildman–Crippen LogP) is 2.54. The van der Waals surface area contributed by atoms with Crippen molar-refractivity contribution in [1.29, 1.82) is 0 Å². The summed E-state index contributed by atoms with van der Waals surface area (Å²) in [5.41, 5.74) is 0.943. The lowest BCUT2D eigenvalue weighted by molar-refractivity contribution is -0.138. The molecule has 1 saturated heterocycles. The number of carboxylic acid groups (broad SMARTS) is 1. The van der Waals surface area contributed by atoms with Gasteiger partial charge in [0.25, 0.3) is 0 Å². The number of carbonyl (C=O) groups is 1. The molecule has 0 amide bonds. The summed E-state index contributed by atoms with van der Waals surface area (Å²) in [4.78, 5) is 13.1. The van der Waals surface area contributed by atoms with Crippen LogP contribution in [0.4, 0.5) is 0 Å². The average molecular weight is 291 g/mol. The van der Waals surface area contributed by atoms with Crippen LogP contribution in [0.5, 0.6) is 0 Å². The van der Waals surface area contributed by atoms with Gasteiger partial charge in [-0.2, -0.15) is 0 Å². The Bertz CT molecular complexity index is 449. The van der Waals surface area contributed by atoms with E-state index in [0.717, 1.165) is 31.5 Å². The molecule has 116 valence electrons. The lowest BCUT2D eigenvalue weighted by Crippen LogP contribution is -2.40. The molecule has 1 aromatic carbocycles. The number of hydrogen-bond acceptors (Lipinski definition) is 3. The van der Waals surface area contributed by atoms with Crippen LogP contribution in [-0.4, -0.2) is 40.7 Å². The lowest BCUT2D eigenvalue weighted by atomic mass is 9.84. The second-order valence-corrected chi connectivity index (χ2v) is 6.16. The fourth-order valence-electron chi connectivity index (χ4n) is 3.19. The number of piperidine rings is 1. The summed E-state index contributed by atoms with van der Waals surface area (Å²) in [6.07, 6.45) is 1.93. The van der Waals surface area contributed by atoms with E-state index in [9.17, 15) is 9.90 Å². The number of aliphatic hydroxyl groups excluding tert-OH is 1. The van der Waals surface area contributed by atoms with Crippen LogP contribution in [0.1, 0.15) is 37.9 Å². The molecule has 4 heteroatoms. The molecular formula is C17H25NO3. The van der Waals surface area contributed by atoms with E-state index in [4.69, 9.17) is 5.11 Å². The summed E-state index contributed by atoms with van der Waals surface area (Å²) in [6.45, 7) is 4.52. The van der Waals surface area contributed by atoms with Crippen LogP contribution in [0.3, 0.4) is 0 Å². The topological polar surface area (TPSA) is 60.8 Å². The van der Waals surface area contributed by atoms with E-state index in [-0.39, 0.29) is 12.3 Å². The molecule has 1 aliphatic heterocycles. The zero-order valence-corrected chi connectivity index (χ0v) is 12.6. The maximum absolute atomic E-state index is 10.8. The van der Waals surface area contributed by atoms with Gasteiger partial charge in [-0.05, 0) is 36.8 Å². The first kappa shape index (κ1) is 16.0. The Morgan fingerprint density at radius 3 is 2.76 bits per heavy atom. The Labute approximate surface area is 126 Å². The van der Waals surface area contributed by atoms with Gasteiger partial charge < -0.3 is 15.1 Å². The maximum Gasteiger partial charge on any atom is 0.303 e. The Morgan fingerprint density at radius 2 is 2.10 bits per heavy atom. The zero-order valence-electron chi connectivity index (χ0n) is 12.6. The molecule has 0 saturated carbocycles. The number of aliphatic carboxylic acids is 1. The monoisotopic (exact) mass is 291 g/mol. The van der Waals surface area contributed by atoms with Crippen molar-refractivity contribution in [3.63, 3.8) is 0 Å². The fourth-order valence-corrected chi connectivity index (χ4v) is 3.19. The molecule has 3 atom stereocenters. The molecule has 0 aromatic heterocycles. The van der Waals surface area contributed by atoms with Gasteiger partial charge in [-0.1, -0.05) is 37.3 Å². The highest BCUT2D eigenvalue weighted by Gasteiger charge is 2.27. The third kappa shape index (κ3) is 4.83. The molecular weight excluding hydrogens is 266 g/mol. The van der Waals surface area contributed by atoms with Crippen LogP contribution in [0.2, 0.25) is 0 Å². The first-order valence-electron chi connectivity index (χ1n) is 7.73. The third-order valence-electron chi connectivity index (χ3n) is 4.46. The van der Waals surface area contributed by atoms with Crippen LogP contribution >= 0.6 is 0 Å². The highest BCUT2D eigenvalue weighted by Crippen LogP contribution is 2.27. The fraction of sp³-hybridized carbons (Fsp3) is 0.588. The van der Waals surface area contributed by atoms with E-state index in [1.165, 1.54) is 0 Å². The number of aliphatic hydroxyl groups is 1. The van der Waals surface area contributed by atoms with Crippen LogP contribution in [-0.2, 0) is 4.79 Å². The molecule has 1 fully saturated rings. The number of β-amino-alcohol motifs (C(OH)–C–C–N with tert-alkyl or cyclic N) is 1. The Kier molecular flexibility index (Phi) is 5.76. The molecule has 2 N–H and O–H groups in total. The molecule has 21 heavy (non-hydrogen) atoms. The van der Waals surface area contributed by atoms with E-state index < -0.39 is 12.1 Å². The second kappa shape index (κ2) is 7.57. The predicted molar refractivity (Wildman–Crippen MR) is 82.0 cm³/mol. The summed E-state index contributed by atoms with van der Waals surface area (Å²) in [5.74, 6) is -0.110. The number of likely N-dealkylation sites (tertiary alicyclic amines) is 1. The molecule has 0 spiro atoms. The Hall–Kier alpha value is -1.39. The normalized spacial score (nSPS) is 22.7. The first-order valence-corrected chi connectivity index (χ1v) is 7.73. The number of rotatable bonds is 6. The standard InChI is InChI=1S/C17H25NO3/c1-13(10-17(20)21)15-8-5-9-18(11-15)12-16(19)14-6-3-2-4-7-14/h2-4,6-7,13,15-16,19H,5,8-12H2,1H3,(H,20,21). The average Bonchev–Trinajstić information content (AvgIpc) is 2.47. The summed E-state index contributed by atoms with van der Waals surface area (Å²) < 4.78 is 0. The summed E-state index contributed by atoms with van der Waals surface area (Å²) in [6, 6.07) is 9.71. The molecule has 1 heterocycles. The number of carboxylic acids is 1. The zero-order chi connectivity index (χ0) is 15.2. The Balaban J connectivity index is 1.88. The SMILES string of the molecule is CC(CC(=O)O)C1CCCN(CC(O)c2ccccc2)C1. The second-order valence-electron chi connectivity index (χ2n) is 6.16. The molecule has 3 unspecified atom stereocenters. The van der Waals surface area contributed by atoms with Crippen LogP contribution in [0.15, 0.2) is 30.3 Å². The molecule has 4 nitrogen and oxygen atoms in total. The molecule has 2 rings (SSSR count). The van der Waals surface area contributed by atoms with Crippen LogP contribution in [0.25, 0.3) is 0 Å². The summed E-state index contributed by atoms with van der Waals surface area (Å²) in [5, 5.41) is 19.2. The van der Waals surface area contributed by atoms with Crippen molar-refractivity contribution in [1.82, 2.24) is 4.90 Å². The number of benzene rings is 1. The van der Waals surface area contributed by atoms with Gasteiger partial charge in [0, 0.05) is 19.5 Å². The van der Waals surface area contributed by atoms with Crippen molar-refractivity contribution in [2.45, 2.75) is 32.3 Å². The summed E-state index contributed by atoms with van der Waals surface area (Å²) >= 11 is 0. The first-order chi connectivity index (χ1) is 10.1. The quantitative estimate of drug-likeness (QED) is 0.845. The van der Waals surface area contributed by atoms with Crippen molar-refractivity contribution in [2.75, 3.05) is 19.6 Å². The smallest absolute Gasteiger partial charge is 0.303 e. The van der Waals surface area contributed by atoms with Crippen LogP contribution in [0, 0.1) is 11.8 Å². The number of nitrogens with zero attached hydrogens (tertiary/aromatic N) is 1. The highest BCUT2D eigenvalue weighted by atomic mass is 16.4. The Morgan fingerprint density at radius 1 is 1.38 bits per heavy atom. The van der Waals surface area contributed by atoms with Gasteiger partial charge in [0.05, 0.1) is 6.10 Å². The summed E-state index contributed by atoms with van der Waals surface area (Å²) in [7, 11) is 0. The van der Waals surface area contributed by atoms with E-state index in [1.807, 2.05) is 37.3 Å². The third-order valence-corrected chi connectivity index (χ3v) is 4.46. The van der Waals surface area contributed by atoms with Gasteiger partial charge in [-0.3, -0.25) is 4.79 Å². The lowest BCUT2D eigenvalue weighted by Gasteiger charge is -2.36. The van der Waals surface area contributed by atoms with Gasteiger partial charge in [0.15, 0.2) is 0 Å². The van der Waals surface area contributed by atoms with Gasteiger partial charge in [-0.15, -0.1) is 0 Å². The minimum atomic E-state index is -0.719. The molecule has 1 aromatic rings. The van der Waals surface area contributed by atoms with Gasteiger partial charge >= 0.3 is 5.97 Å². The van der Waals surface area contributed by atoms with Gasteiger partial charge in [0.2, 0.25) is 0 Å². The molecule has 1 aliphatic rings. The molecule has 0 radical (unpaired) electrons.